The van der Waals surface area contributed by atoms with E-state index in [-0.39, 0.29) is 44.0 Å². The minimum Gasteiger partial charge on any atom is -0.497 e. The quantitative estimate of drug-likeness (QED) is 0.0226. The first-order valence-corrected chi connectivity index (χ1v) is 23.0. The topological polar surface area (TPSA) is 148 Å². The summed E-state index contributed by atoms with van der Waals surface area (Å²) in [4.78, 5) is 32.4. The van der Waals surface area contributed by atoms with Crippen LogP contribution in [0.3, 0.4) is 0 Å². The molecule has 13 nitrogen and oxygen atoms in total. The number of para-hydroxylation sites is 1. The summed E-state index contributed by atoms with van der Waals surface area (Å²) < 4.78 is 38.1. The summed E-state index contributed by atoms with van der Waals surface area (Å²) >= 11 is 0. The number of hydrogen-bond acceptors (Lipinski definition) is 11. The van der Waals surface area contributed by atoms with E-state index in [1.807, 2.05) is 97.2 Å². The molecule has 0 bridgehead atoms. The lowest BCUT2D eigenvalue weighted by atomic mass is 9.80. The van der Waals surface area contributed by atoms with Gasteiger partial charge in [-0.15, -0.1) is 0 Å². The Kier molecular flexibility index (Phi) is 19.6. The molecule has 0 aliphatic rings. The maximum absolute atomic E-state index is 14.0. The van der Waals surface area contributed by atoms with Crippen molar-refractivity contribution < 1.29 is 37.6 Å². The molecular formula is C50H64N5O8P. The Hall–Kier alpha value is -5.32. The predicted molar refractivity (Wildman–Crippen MR) is 251 cm³/mol. The van der Waals surface area contributed by atoms with Crippen LogP contribution in [0, 0.1) is 11.3 Å². The second kappa shape index (κ2) is 25.2. The van der Waals surface area contributed by atoms with Crippen LogP contribution in [0.15, 0.2) is 109 Å². The minimum absolute atomic E-state index is 0.0275. The number of carbonyl (C=O) groups excluding carboxylic acids is 2. The molecule has 5 rings (SSSR count). The van der Waals surface area contributed by atoms with Crippen LogP contribution >= 0.6 is 8.53 Å². The van der Waals surface area contributed by atoms with Crippen molar-refractivity contribution in [1.29, 1.82) is 5.26 Å². The van der Waals surface area contributed by atoms with Gasteiger partial charge in [0.05, 0.1) is 53.6 Å². The van der Waals surface area contributed by atoms with Crippen LogP contribution in [-0.2, 0) is 40.1 Å². The van der Waals surface area contributed by atoms with E-state index in [2.05, 4.69) is 65.8 Å². The van der Waals surface area contributed by atoms with Crippen LogP contribution in [0.5, 0.6) is 11.5 Å². The molecule has 0 radical (unpaired) electrons. The molecule has 1 unspecified atom stereocenters. The second-order valence-electron chi connectivity index (χ2n) is 15.9. The van der Waals surface area contributed by atoms with Gasteiger partial charge in [0.15, 0.2) is 0 Å². The van der Waals surface area contributed by atoms with Crippen LogP contribution in [0.2, 0.25) is 0 Å². The number of carbonyl (C=O) groups is 2. The number of H-pyrrole nitrogens is 1. The highest BCUT2D eigenvalue weighted by molar-refractivity contribution is 7.44. The summed E-state index contributed by atoms with van der Waals surface area (Å²) in [5.41, 5.74) is 3.65. The number of fused-ring (bicyclic) bond motifs is 1. The zero-order valence-corrected chi connectivity index (χ0v) is 39.1. The zero-order valence-electron chi connectivity index (χ0n) is 38.3. The number of ether oxygens (including phenoxy) is 4. The summed E-state index contributed by atoms with van der Waals surface area (Å²) in [5.74, 6) is 0.638. The van der Waals surface area contributed by atoms with Crippen LogP contribution in [-0.4, -0.2) is 105 Å². The molecule has 0 fully saturated rings. The van der Waals surface area contributed by atoms with Gasteiger partial charge in [-0.2, -0.15) is 5.26 Å². The van der Waals surface area contributed by atoms with E-state index in [0.717, 1.165) is 44.7 Å². The van der Waals surface area contributed by atoms with Gasteiger partial charge in [0.2, 0.25) is 5.91 Å². The van der Waals surface area contributed by atoms with E-state index in [1.165, 1.54) is 7.11 Å². The first kappa shape index (κ1) is 49.7. The molecule has 2 N–H and O–H groups in total. The van der Waals surface area contributed by atoms with Gasteiger partial charge in [-0.05, 0) is 93.1 Å². The number of hydrogen-bond donors (Lipinski definition) is 2. The second-order valence-corrected chi connectivity index (χ2v) is 17.4. The van der Waals surface area contributed by atoms with Gasteiger partial charge in [-0.25, -0.2) is 9.46 Å². The monoisotopic (exact) mass is 893 g/mol. The van der Waals surface area contributed by atoms with Gasteiger partial charge >= 0.3 is 5.97 Å². The Balaban J connectivity index is 1.37. The van der Waals surface area contributed by atoms with E-state index in [1.54, 1.807) is 14.2 Å². The summed E-state index contributed by atoms with van der Waals surface area (Å²) in [7, 11) is 3.20. The number of nitriles is 1. The van der Waals surface area contributed by atoms with E-state index in [0.29, 0.717) is 39.1 Å². The highest BCUT2D eigenvalue weighted by Crippen LogP contribution is 2.46. The molecule has 0 saturated carbocycles. The lowest BCUT2D eigenvalue weighted by Gasteiger charge is -2.36. The standard InChI is InChI=1S/C50H64N5O8P/c1-37(2)55(38(3)4)64(62-32-13-28-51)63-33-15-30-54(36-48(56)53-47(49(57)60-7)34-39-35-52-46-19-12-11-18-45(39)46)29-14-31-61-50(40-16-9-8-10-17-40,41-20-24-43(58-5)25-21-41)42-22-26-44(59-6)27-23-42/h8-12,16-27,35,37-38,47,52H,13-15,29-34,36H2,1-7H3,(H,53,56)/t47-,64?/m0/s1. The number of aromatic nitrogens is 1. The Morgan fingerprint density at radius 2 is 1.31 bits per heavy atom. The van der Waals surface area contributed by atoms with Crippen LogP contribution < -0.4 is 14.8 Å². The molecule has 342 valence electrons. The zero-order chi connectivity index (χ0) is 45.9. The number of nitrogens with one attached hydrogen (secondary N) is 2. The lowest BCUT2D eigenvalue weighted by molar-refractivity contribution is -0.145. The molecule has 1 amide bonds. The molecule has 5 aromatic rings. The molecule has 1 aromatic heterocycles. The third-order valence-electron chi connectivity index (χ3n) is 10.9. The number of nitrogens with zero attached hydrogens (tertiary/aromatic N) is 3. The van der Waals surface area contributed by atoms with E-state index in [4.69, 9.17) is 28.0 Å². The SMILES string of the molecule is COC(=O)[C@H](Cc1c[nH]c2ccccc12)NC(=O)CN(CCCOP(OCCC#N)N(C(C)C)C(C)C)CCCOC(c1ccccc1)(c1ccc(OC)cc1)c1ccc(OC)cc1. The molecule has 1 heterocycles. The Labute approximate surface area is 379 Å². The van der Waals surface area contributed by atoms with Crippen LogP contribution in [0.4, 0.5) is 0 Å². The summed E-state index contributed by atoms with van der Waals surface area (Å²) in [6.07, 6.45) is 3.57. The molecular weight excluding hydrogens is 830 g/mol. The molecule has 64 heavy (non-hydrogen) atoms. The first-order valence-electron chi connectivity index (χ1n) is 21.9. The Bertz CT molecular complexity index is 2160. The highest BCUT2D eigenvalue weighted by Gasteiger charge is 2.38. The van der Waals surface area contributed by atoms with Crippen molar-refractivity contribution in [2.45, 2.75) is 77.1 Å². The summed E-state index contributed by atoms with van der Waals surface area (Å²) in [5, 5.41) is 13.1. The van der Waals surface area contributed by atoms with Gasteiger partial charge in [0, 0.05) is 55.3 Å². The number of amides is 1. The maximum atomic E-state index is 14.0. The van der Waals surface area contributed by atoms with Crippen molar-refractivity contribution >= 4 is 31.3 Å². The highest BCUT2D eigenvalue weighted by atomic mass is 31.2. The van der Waals surface area contributed by atoms with E-state index >= 15 is 0 Å². The van der Waals surface area contributed by atoms with Crippen molar-refractivity contribution in [1.82, 2.24) is 19.9 Å². The molecule has 0 saturated heterocycles. The number of aromatic amines is 1. The first-order chi connectivity index (χ1) is 31.0. The molecule has 0 aliphatic carbocycles. The molecule has 4 aromatic carbocycles. The molecule has 0 aliphatic heterocycles. The fourth-order valence-electron chi connectivity index (χ4n) is 7.90. The van der Waals surface area contributed by atoms with Crippen LogP contribution in [0.25, 0.3) is 10.9 Å². The summed E-state index contributed by atoms with van der Waals surface area (Å²) in [6, 6.07) is 35.4. The largest absolute Gasteiger partial charge is 0.497 e. The fraction of sp³-hybridized carbons (Fsp3) is 0.420. The Morgan fingerprint density at radius 3 is 1.89 bits per heavy atom. The van der Waals surface area contributed by atoms with E-state index in [9.17, 15) is 14.9 Å². The van der Waals surface area contributed by atoms with Gasteiger partial charge in [0.25, 0.3) is 8.53 Å². The van der Waals surface area contributed by atoms with Crippen molar-refractivity contribution in [3.8, 4) is 17.6 Å². The number of esters is 1. The van der Waals surface area contributed by atoms with Crippen molar-refractivity contribution in [2.75, 3.05) is 60.8 Å². The lowest BCUT2D eigenvalue weighted by Crippen LogP contribution is -2.47. The summed E-state index contributed by atoms with van der Waals surface area (Å²) in [6.45, 7) is 10.5. The number of rotatable bonds is 27. The third kappa shape index (κ3) is 13.4. The van der Waals surface area contributed by atoms with Crippen molar-refractivity contribution in [3.63, 3.8) is 0 Å². The van der Waals surface area contributed by atoms with Gasteiger partial charge in [-0.3, -0.25) is 9.69 Å². The number of benzene rings is 4. The van der Waals surface area contributed by atoms with Crippen LogP contribution in [0.1, 0.15) is 69.2 Å². The minimum atomic E-state index is -1.42. The maximum Gasteiger partial charge on any atom is 0.328 e. The normalized spacial score (nSPS) is 12.7. The average Bonchev–Trinajstić information content (AvgIpc) is 3.72. The van der Waals surface area contributed by atoms with Gasteiger partial charge in [-0.1, -0.05) is 72.8 Å². The predicted octanol–water partition coefficient (Wildman–Crippen LogP) is 8.77. The molecule has 2 atom stereocenters. The number of methoxy groups -OCH3 is 3. The van der Waals surface area contributed by atoms with Gasteiger partial charge < -0.3 is 38.3 Å². The molecule has 14 heteroatoms. The van der Waals surface area contributed by atoms with E-state index < -0.39 is 26.1 Å². The third-order valence-corrected chi connectivity index (χ3v) is 13.0. The average molecular weight is 894 g/mol. The fourth-order valence-corrected chi connectivity index (χ4v) is 9.53. The van der Waals surface area contributed by atoms with Crippen molar-refractivity contribution in [2.24, 2.45) is 0 Å². The smallest absolute Gasteiger partial charge is 0.328 e. The van der Waals surface area contributed by atoms with Gasteiger partial charge in [0.1, 0.15) is 23.1 Å². The Morgan fingerprint density at radius 1 is 0.750 bits per heavy atom. The van der Waals surface area contributed by atoms with Crippen molar-refractivity contribution in [3.05, 3.63) is 132 Å². The molecule has 0 spiro atoms.